The van der Waals surface area contributed by atoms with E-state index in [2.05, 4.69) is 46.6 Å². The molecule has 3 aliphatic rings. The first-order valence-corrected chi connectivity index (χ1v) is 9.53. The zero-order valence-electron chi connectivity index (χ0n) is 15.7. The topological polar surface area (TPSA) is 33.7 Å². The molecule has 138 valence electrons. The molecule has 3 fully saturated rings. The Balaban J connectivity index is 1.55. The van der Waals surface area contributed by atoms with Crippen LogP contribution in [-0.4, -0.2) is 38.3 Å². The fourth-order valence-electron chi connectivity index (χ4n) is 4.62. The smallest absolute Gasteiger partial charge is 0.123 e. The van der Waals surface area contributed by atoms with E-state index in [4.69, 9.17) is 9.47 Å². The molecule has 0 aromatic heterocycles. The average molecular weight is 352 g/mol. The lowest BCUT2D eigenvalue weighted by Crippen LogP contribution is -2.57. The van der Waals surface area contributed by atoms with E-state index in [-0.39, 0.29) is 0 Å². The van der Waals surface area contributed by atoms with Gasteiger partial charge in [-0.2, -0.15) is 0 Å². The molecule has 2 aromatic rings. The van der Waals surface area contributed by atoms with Gasteiger partial charge in [-0.05, 0) is 55.6 Å². The zero-order chi connectivity index (χ0) is 17.9. The molecule has 3 saturated heterocycles. The van der Waals surface area contributed by atoms with Crippen molar-refractivity contribution < 1.29 is 9.47 Å². The van der Waals surface area contributed by atoms with Crippen molar-refractivity contribution in [2.24, 2.45) is 5.92 Å². The Morgan fingerprint density at radius 3 is 2.38 bits per heavy atom. The van der Waals surface area contributed by atoms with Crippen molar-refractivity contribution in [2.45, 2.75) is 31.5 Å². The van der Waals surface area contributed by atoms with Crippen LogP contribution in [0.4, 0.5) is 0 Å². The van der Waals surface area contributed by atoms with E-state index in [1.165, 1.54) is 37.1 Å². The molecule has 2 unspecified atom stereocenters. The number of piperidine rings is 3. The van der Waals surface area contributed by atoms with Crippen LogP contribution in [0.5, 0.6) is 11.5 Å². The highest BCUT2D eigenvalue weighted by molar-refractivity contribution is 5.34. The SMILES string of the molecule is COc1ccc(C2C(NCc3ccccc3OC)C3CCN2CC3)cc1. The highest BCUT2D eigenvalue weighted by Gasteiger charge is 2.42. The summed E-state index contributed by atoms with van der Waals surface area (Å²) in [5, 5.41) is 3.87. The lowest BCUT2D eigenvalue weighted by Gasteiger charge is -2.51. The molecule has 26 heavy (non-hydrogen) atoms. The number of nitrogens with one attached hydrogen (secondary N) is 1. The minimum Gasteiger partial charge on any atom is -0.497 e. The number of hydrogen-bond donors (Lipinski definition) is 1. The van der Waals surface area contributed by atoms with Gasteiger partial charge in [0.15, 0.2) is 0 Å². The lowest BCUT2D eigenvalue weighted by atomic mass is 9.76. The van der Waals surface area contributed by atoms with Crippen LogP contribution in [0.3, 0.4) is 0 Å². The largest absolute Gasteiger partial charge is 0.497 e. The molecule has 0 radical (unpaired) electrons. The van der Waals surface area contributed by atoms with Gasteiger partial charge in [-0.3, -0.25) is 4.90 Å². The molecule has 0 saturated carbocycles. The predicted octanol–water partition coefficient (Wildman–Crippen LogP) is 3.63. The van der Waals surface area contributed by atoms with Crippen LogP contribution in [-0.2, 0) is 6.54 Å². The second kappa shape index (κ2) is 7.68. The highest BCUT2D eigenvalue weighted by Crippen LogP contribution is 2.41. The van der Waals surface area contributed by atoms with E-state index in [9.17, 15) is 0 Å². The van der Waals surface area contributed by atoms with Crippen molar-refractivity contribution in [1.82, 2.24) is 10.2 Å². The van der Waals surface area contributed by atoms with Crippen molar-refractivity contribution in [2.75, 3.05) is 27.3 Å². The van der Waals surface area contributed by atoms with Crippen LogP contribution in [0.2, 0.25) is 0 Å². The normalized spacial score (nSPS) is 27.3. The molecule has 4 nitrogen and oxygen atoms in total. The van der Waals surface area contributed by atoms with Crippen molar-refractivity contribution in [3.63, 3.8) is 0 Å². The van der Waals surface area contributed by atoms with Crippen molar-refractivity contribution in [3.8, 4) is 11.5 Å². The van der Waals surface area contributed by atoms with Crippen molar-refractivity contribution in [3.05, 3.63) is 59.7 Å². The maximum absolute atomic E-state index is 5.52. The Morgan fingerprint density at radius 1 is 0.962 bits per heavy atom. The van der Waals surface area contributed by atoms with Gasteiger partial charge in [0.05, 0.1) is 20.3 Å². The van der Waals surface area contributed by atoms with Crippen LogP contribution < -0.4 is 14.8 Å². The van der Waals surface area contributed by atoms with E-state index >= 15 is 0 Å². The Morgan fingerprint density at radius 2 is 1.69 bits per heavy atom. The van der Waals surface area contributed by atoms with Crippen LogP contribution in [0.15, 0.2) is 48.5 Å². The number of ether oxygens (including phenoxy) is 2. The molecule has 5 rings (SSSR count). The van der Waals surface area contributed by atoms with Gasteiger partial charge >= 0.3 is 0 Å². The number of hydrogen-bond acceptors (Lipinski definition) is 4. The summed E-state index contributed by atoms with van der Waals surface area (Å²) in [7, 11) is 3.46. The molecule has 1 N–H and O–H groups in total. The van der Waals surface area contributed by atoms with Gasteiger partial charge in [0.1, 0.15) is 11.5 Å². The van der Waals surface area contributed by atoms with Crippen LogP contribution in [0.1, 0.15) is 30.0 Å². The van der Waals surface area contributed by atoms with Crippen molar-refractivity contribution in [1.29, 1.82) is 0 Å². The Kier molecular flexibility index (Phi) is 5.14. The molecule has 2 bridgehead atoms. The number of benzene rings is 2. The lowest BCUT2D eigenvalue weighted by molar-refractivity contribution is 0.0112. The van der Waals surface area contributed by atoms with Gasteiger partial charge in [-0.1, -0.05) is 30.3 Å². The Bertz CT molecular complexity index is 723. The molecular weight excluding hydrogens is 324 g/mol. The van der Waals surface area contributed by atoms with Gasteiger partial charge < -0.3 is 14.8 Å². The maximum Gasteiger partial charge on any atom is 0.123 e. The number of nitrogens with zero attached hydrogens (tertiary/aromatic N) is 1. The number of rotatable bonds is 6. The summed E-state index contributed by atoms with van der Waals surface area (Å²) < 4.78 is 10.9. The molecule has 4 heteroatoms. The van der Waals surface area contributed by atoms with Gasteiger partial charge in [-0.25, -0.2) is 0 Å². The average Bonchev–Trinajstić information content (AvgIpc) is 2.73. The van der Waals surface area contributed by atoms with Crippen LogP contribution in [0, 0.1) is 5.92 Å². The second-order valence-corrected chi connectivity index (χ2v) is 7.31. The quantitative estimate of drug-likeness (QED) is 0.861. The van der Waals surface area contributed by atoms with E-state index in [1.54, 1.807) is 14.2 Å². The third-order valence-corrected chi connectivity index (χ3v) is 5.99. The highest BCUT2D eigenvalue weighted by atomic mass is 16.5. The van der Waals surface area contributed by atoms with E-state index in [0.29, 0.717) is 12.1 Å². The van der Waals surface area contributed by atoms with Gasteiger partial charge in [-0.15, -0.1) is 0 Å². The maximum atomic E-state index is 5.52. The minimum absolute atomic E-state index is 0.433. The van der Waals surface area contributed by atoms with E-state index in [0.717, 1.165) is 24.0 Å². The summed E-state index contributed by atoms with van der Waals surface area (Å²) in [4.78, 5) is 2.64. The van der Waals surface area contributed by atoms with Crippen LogP contribution in [0.25, 0.3) is 0 Å². The molecular formula is C22H28N2O2. The second-order valence-electron chi connectivity index (χ2n) is 7.31. The minimum atomic E-state index is 0.433. The standard InChI is InChI=1S/C22H28N2O2/c1-25-19-9-7-17(8-10-19)22-21(16-11-13-24(22)14-12-16)23-15-18-5-3-4-6-20(18)26-2/h3-10,16,21-23H,11-15H2,1-2H3. The summed E-state index contributed by atoms with van der Waals surface area (Å²) in [5.74, 6) is 2.62. The van der Waals surface area contributed by atoms with E-state index < -0.39 is 0 Å². The van der Waals surface area contributed by atoms with Gasteiger partial charge in [0.2, 0.25) is 0 Å². The molecule has 2 aromatic carbocycles. The summed E-state index contributed by atoms with van der Waals surface area (Å²) >= 11 is 0. The third kappa shape index (κ3) is 3.31. The first kappa shape index (κ1) is 17.4. The third-order valence-electron chi connectivity index (χ3n) is 5.99. The Labute approximate surface area is 156 Å². The number of methoxy groups -OCH3 is 2. The molecule has 0 spiro atoms. The molecule has 3 aliphatic heterocycles. The molecule has 0 aliphatic carbocycles. The zero-order valence-corrected chi connectivity index (χ0v) is 15.7. The van der Waals surface area contributed by atoms with Crippen molar-refractivity contribution >= 4 is 0 Å². The van der Waals surface area contributed by atoms with Gasteiger partial charge in [0.25, 0.3) is 0 Å². The summed E-state index contributed by atoms with van der Waals surface area (Å²) in [6, 6.07) is 17.8. The summed E-state index contributed by atoms with van der Waals surface area (Å²) in [5.41, 5.74) is 2.60. The first-order valence-electron chi connectivity index (χ1n) is 9.53. The van der Waals surface area contributed by atoms with E-state index in [1.807, 2.05) is 12.1 Å². The molecule has 2 atom stereocenters. The number of para-hydroxylation sites is 1. The first-order chi connectivity index (χ1) is 12.8. The summed E-state index contributed by atoms with van der Waals surface area (Å²) in [6.45, 7) is 3.24. The molecule has 0 amide bonds. The fourth-order valence-corrected chi connectivity index (χ4v) is 4.62. The van der Waals surface area contributed by atoms with Crippen LogP contribution >= 0.6 is 0 Å². The summed E-state index contributed by atoms with van der Waals surface area (Å²) in [6.07, 6.45) is 2.58. The fraction of sp³-hybridized carbons (Fsp3) is 0.455. The predicted molar refractivity (Wildman–Crippen MR) is 104 cm³/mol. The Hall–Kier alpha value is -2.04. The van der Waals surface area contributed by atoms with Gasteiger partial charge in [0, 0.05) is 18.2 Å². The number of fused-ring (bicyclic) bond motifs is 3. The molecule has 3 heterocycles. The monoisotopic (exact) mass is 352 g/mol.